The number of nitrogens with zero attached hydrogens (tertiary/aromatic N) is 3. The lowest BCUT2D eigenvalue weighted by Crippen LogP contribution is -2.48. The Morgan fingerprint density at radius 3 is 2.45 bits per heavy atom. The van der Waals surface area contributed by atoms with Crippen molar-refractivity contribution in [2.45, 2.75) is 56.9 Å². The lowest BCUT2D eigenvalue weighted by molar-refractivity contribution is -0.131. The molecule has 0 radical (unpaired) electrons. The van der Waals surface area contributed by atoms with Gasteiger partial charge in [-0.05, 0) is 50.4 Å². The highest BCUT2D eigenvalue weighted by Crippen LogP contribution is 2.20. The maximum absolute atomic E-state index is 13.4. The van der Waals surface area contributed by atoms with Crippen LogP contribution in [0.4, 0.5) is 0 Å². The summed E-state index contributed by atoms with van der Waals surface area (Å²) in [6, 6.07) is 7.63. The molecule has 2 aliphatic rings. The van der Waals surface area contributed by atoms with Gasteiger partial charge in [0.1, 0.15) is 0 Å². The number of piperazine rings is 1. The van der Waals surface area contributed by atoms with Gasteiger partial charge in [-0.25, -0.2) is 8.42 Å². The Labute approximate surface area is 187 Å². The van der Waals surface area contributed by atoms with Gasteiger partial charge >= 0.3 is 0 Å². The van der Waals surface area contributed by atoms with Crippen molar-refractivity contribution in [1.82, 2.24) is 19.4 Å². The number of amides is 1. The summed E-state index contributed by atoms with van der Waals surface area (Å²) in [6.45, 7) is 9.60. The van der Waals surface area contributed by atoms with E-state index in [-0.39, 0.29) is 18.9 Å². The van der Waals surface area contributed by atoms with Gasteiger partial charge in [0.2, 0.25) is 15.9 Å². The molecule has 8 heteroatoms. The van der Waals surface area contributed by atoms with Crippen LogP contribution >= 0.6 is 0 Å². The molecule has 0 aromatic heterocycles. The van der Waals surface area contributed by atoms with Crippen LogP contribution < -0.4 is 5.32 Å². The van der Waals surface area contributed by atoms with Crippen LogP contribution in [0, 0.1) is 0 Å². The molecular formula is C23H38N4O3S. The van der Waals surface area contributed by atoms with Gasteiger partial charge in [-0.15, -0.1) is 0 Å². The first kappa shape index (κ1) is 24.2. The van der Waals surface area contributed by atoms with Gasteiger partial charge in [-0.3, -0.25) is 9.69 Å². The third-order valence-electron chi connectivity index (χ3n) is 6.59. The van der Waals surface area contributed by atoms with Crippen molar-refractivity contribution in [3.8, 4) is 0 Å². The molecule has 7 nitrogen and oxygen atoms in total. The monoisotopic (exact) mass is 450 g/mol. The number of rotatable bonds is 9. The molecule has 2 aliphatic heterocycles. The number of aryl methyl sites for hydroxylation is 1. The molecule has 174 valence electrons. The molecule has 0 spiro atoms. The molecule has 1 N–H and O–H groups in total. The third-order valence-corrected chi connectivity index (χ3v) is 8.50. The van der Waals surface area contributed by atoms with E-state index in [9.17, 15) is 13.2 Å². The minimum absolute atomic E-state index is 0.0365. The number of benzene rings is 1. The normalized spacial score (nSPS) is 20.9. The SMILES string of the molecule is CCc1ccc(S(=O)(=O)N(CCC(=O)N2CCNCC2)CCN2CCCCC2C)cc1. The number of hydrogen-bond donors (Lipinski definition) is 1. The number of carbonyl (C=O) groups is 1. The largest absolute Gasteiger partial charge is 0.340 e. The maximum atomic E-state index is 13.4. The van der Waals surface area contributed by atoms with Gasteiger partial charge in [0.15, 0.2) is 0 Å². The average molecular weight is 451 g/mol. The van der Waals surface area contributed by atoms with Crippen LogP contribution in [-0.4, -0.2) is 86.8 Å². The molecule has 1 amide bonds. The standard InChI is InChI=1S/C23H38N4O3S/c1-3-21-7-9-22(10-8-21)31(29,30)27(19-18-25-14-5-4-6-20(25)2)15-11-23(28)26-16-12-24-13-17-26/h7-10,20,24H,3-6,11-19H2,1-2H3. The lowest BCUT2D eigenvalue weighted by Gasteiger charge is -2.35. The number of sulfonamides is 1. The minimum Gasteiger partial charge on any atom is -0.340 e. The smallest absolute Gasteiger partial charge is 0.243 e. The van der Waals surface area contributed by atoms with E-state index < -0.39 is 10.0 Å². The molecule has 1 atom stereocenters. The van der Waals surface area contributed by atoms with E-state index in [1.807, 2.05) is 17.0 Å². The predicted molar refractivity (Wildman–Crippen MR) is 124 cm³/mol. The number of likely N-dealkylation sites (tertiary alicyclic amines) is 1. The van der Waals surface area contributed by atoms with E-state index in [2.05, 4.69) is 24.1 Å². The number of carbonyl (C=O) groups excluding carboxylic acids is 1. The Morgan fingerprint density at radius 1 is 1.10 bits per heavy atom. The first-order chi connectivity index (χ1) is 14.9. The minimum atomic E-state index is -3.65. The molecule has 1 unspecified atom stereocenters. The second-order valence-corrected chi connectivity index (χ2v) is 10.6. The van der Waals surface area contributed by atoms with Crippen molar-refractivity contribution in [2.24, 2.45) is 0 Å². The van der Waals surface area contributed by atoms with Crippen molar-refractivity contribution >= 4 is 15.9 Å². The predicted octanol–water partition coefficient (Wildman–Crippen LogP) is 1.94. The maximum Gasteiger partial charge on any atom is 0.243 e. The zero-order valence-corrected chi connectivity index (χ0v) is 19.9. The van der Waals surface area contributed by atoms with Gasteiger partial charge in [-0.2, -0.15) is 4.31 Å². The molecule has 31 heavy (non-hydrogen) atoms. The van der Waals surface area contributed by atoms with Crippen LogP contribution in [0.1, 0.15) is 45.1 Å². The molecule has 0 aliphatic carbocycles. The van der Waals surface area contributed by atoms with Crippen LogP contribution in [0.5, 0.6) is 0 Å². The van der Waals surface area contributed by atoms with Gasteiger partial charge in [-0.1, -0.05) is 25.5 Å². The molecule has 0 bridgehead atoms. The van der Waals surface area contributed by atoms with Crippen LogP contribution in [0.3, 0.4) is 0 Å². The molecular weight excluding hydrogens is 412 g/mol. The number of hydrogen-bond acceptors (Lipinski definition) is 5. The molecule has 2 fully saturated rings. The highest BCUT2D eigenvalue weighted by Gasteiger charge is 2.28. The second-order valence-electron chi connectivity index (χ2n) is 8.66. The average Bonchev–Trinajstić information content (AvgIpc) is 2.80. The third kappa shape index (κ3) is 6.51. The Hall–Kier alpha value is -1.48. The van der Waals surface area contributed by atoms with E-state index in [0.717, 1.165) is 44.5 Å². The highest BCUT2D eigenvalue weighted by atomic mass is 32.2. The molecule has 1 aromatic carbocycles. The van der Waals surface area contributed by atoms with Crippen LogP contribution in [-0.2, 0) is 21.2 Å². The van der Waals surface area contributed by atoms with Crippen molar-refractivity contribution in [3.05, 3.63) is 29.8 Å². The van der Waals surface area contributed by atoms with Crippen LogP contribution in [0.15, 0.2) is 29.2 Å². The van der Waals surface area contributed by atoms with Crippen molar-refractivity contribution in [2.75, 3.05) is 52.4 Å². The molecule has 2 saturated heterocycles. The van der Waals surface area contributed by atoms with E-state index in [4.69, 9.17) is 0 Å². The summed E-state index contributed by atoms with van der Waals surface area (Å²) in [5.74, 6) is 0.0365. The zero-order valence-electron chi connectivity index (χ0n) is 19.1. The van der Waals surface area contributed by atoms with Crippen LogP contribution in [0.25, 0.3) is 0 Å². The van der Waals surface area contributed by atoms with E-state index in [1.54, 1.807) is 12.1 Å². The molecule has 2 heterocycles. The van der Waals surface area contributed by atoms with E-state index in [0.29, 0.717) is 37.1 Å². The second kappa shape index (κ2) is 11.4. The highest BCUT2D eigenvalue weighted by molar-refractivity contribution is 7.89. The quantitative estimate of drug-likeness (QED) is 0.622. The summed E-state index contributed by atoms with van der Waals surface area (Å²) >= 11 is 0. The Morgan fingerprint density at radius 2 is 1.81 bits per heavy atom. The summed E-state index contributed by atoms with van der Waals surface area (Å²) < 4.78 is 28.4. The zero-order chi connectivity index (χ0) is 22.3. The molecule has 3 rings (SSSR count). The summed E-state index contributed by atoms with van der Waals surface area (Å²) in [4.78, 5) is 17.2. The summed E-state index contributed by atoms with van der Waals surface area (Å²) in [5.41, 5.74) is 1.11. The Balaban J connectivity index is 1.70. The summed E-state index contributed by atoms with van der Waals surface area (Å²) in [6.07, 6.45) is 4.66. The van der Waals surface area contributed by atoms with Crippen molar-refractivity contribution in [1.29, 1.82) is 0 Å². The van der Waals surface area contributed by atoms with Crippen LogP contribution in [0.2, 0.25) is 0 Å². The number of piperidine rings is 1. The first-order valence-corrected chi connectivity index (χ1v) is 13.2. The fourth-order valence-electron chi connectivity index (χ4n) is 4.42. The first-order valence-electron chi connectivity index (χ1n) is 11.7. The fraction of sp³-hybridized carbons (Fsp3) is 0.696. The lowest BCUT2D eigenvalue weighted by atomic mass is 10.0. The van der Waals surface area contributed by atoms with Gasteiger partial charge in [0.05, 0.1) is 4.90 Å². The molecule has 0 saturated carbocycles. The summed E-state index contributed by atoms with van der Waals surface area (Å²) in [7, 11) is -3.65. The summed E-state index contributed by atoms with van der Waals surface area (Å²) in [5, 5.41) is 3.24. The molecule has 1 aromatic rings. The van der Waals surface area contributed by atoms with Gasteiger partial charge < -0.3 is 10.2 Å². The topological polar surface area (TPSA) is 73.0 Å². The Bertz CT molecular complexity index is 807. The van der Waals surface area contributed by atoms with Crippen molar-refractivity contribution < 1.29 is 13.2 Å². The van der Waals surface area contributed by atoms with Gasteiger partial charge in [0.25, 0.3) is 0 Å². The van der Waals surface area contributed by atoms with E-state index >= 15 is 0 Å². The Kier molecular flexibility index (Phi) is 8.89. The number of nitrogens with one attached hydrogen (secondary N) is 1. The fourth-order valence-corrected chi connectivity index (χ4v) is 5.85. The van der Waals surface area contributed by atoms with E-state index in [1.165, 1.54) is 10.7 Å². The van der Waals surface area contributed by atoms with Crippen molar-refractivity contribution in [3.63, 3.8) is 0 Å². The van der Waals surface area contributed by atoms with Gasteiger partial charge in [0, 0.05) is 58.3 Å².